The Kier molecular flexibility index (Phi) is 3.65. The third-order valence-electron chi connectivity index (χ3n) is 3.96. The van der Waals surface area contributed by atoms with E-state index in [1.807, 2.05) is 19.9 Å². The Morgan fingerprint density at radius 1 is 1.04 bits per heavy atom. The van der Waals surface area contributed by atoms with Gasteiger partial charge in [0, 0.05) is 22.2 Å². The first-order valence-electron chi connectivity index (χ1n) is 7.21. The minimum atomic E-state index is -0.417. The molecule has 23 heavy (non-hydrogen) atoms. The average molecular weight is 311 g/mol. The van der Waals surface area contributed by atoms with Crippen LogP contribution in [0.1, 0.15) is 37.7 Å². The van der Waals surface area contributed by atoms with Crippen LogP contribution in [0.3, 0.4) is 0 Å². The number of aromatic nitrogens is 1. The van der Waals surface area contributed by atoms with Crippen molar-refractivity contribution in [3.63, 3.8) is 0 Å². The highest BCUT2D eigenvalue weighted by atomic mass is 16.3. The van der Waals surface area contributed by atoms with E-state index < -0.39 is 5.91 Å². The number of benzene rings is 1. The summed E-state index contributed by atoms with van der Waals surface area (Å²) in [5.41, 5.74) is 8.82. The summed E-state index contributed by atoms with van der Waals surface area (Å²) in [5.74, 6) is -0.296. The fraction of sp³-hybridized carbons (Fsp3) is 0.176. The summed E-state index contributed by atoms with van der Waals surface area (Å²) in [4.78, 5) is 27.4. The Balaban J connectivity index is 1.74. The van der Waals surface area contributed by atoms with E-state index in [9.17, 15) is 9.59 Å². The molecule has 3 aromatic rings. The van der Waals surface area contributed by atoms with Crippen LogP contribution in [-0.4, -0.2) is 16.8 Å². The van der Waals surface area contributed by atoms with Gasteiger partial charge in [0.2, 0.25) is 0 Å². The van der Waals surface area contributed by atoms with E-state index in [-0.39, 0.29) is 5.91 Å². The number of aryl methyl sites for hydroxylation is 3. The number of furan rings is 1. The number of H-pyrrole nitrogens is 1. The zero-order valence-corrected chi connectivity index (χ0v) is 13.1. The third kappa shape index (κ3) is 2.70. The summed E-state index contributed by atoms with van der Waals surface area (Å²) in [6, 6.07) is 6.92. The fourth-order valence-electron chi connectivity index (χ4n) is 2.48. The van der Waals surface area contributed by atoms with Crippen molar-refractivity contribution in [3.05, 3.63) is 58.7 Å². The maximum atomic E-state index is 12.2. The van der Waals surface area contributed by atoms with Crippen molar-refractivity contribution in [1.82, 2.24) is 15.8 Å². The van der Waals surface area contributed by atoms with Crippen LogP contribution in [0.5, 0.6) is 0 Å². The van der Waals surface area contributed by atoms with Gasteiger partial charge >= 0.3 is 0 Å². The molecule has 2 amide bonds. The van der Waals surface area contributed by atoms with Crippen LogP contribution in [0.15, 0.2) is 34.9 Å². The summed E-state index contributed by atoms with van der Waals surface area (Å²) in [5, 5.41) is 0.993. The molecule has 2 heterocycles. The standard InChI is InChI=1S/C17H17N3O3/c1-9-10(2)18-15-5-4-12(8-14(9)15)16(21)19-20-17(22)13-6-7-23-11(13)3/h4-8,18H,1-3H3,(H,19,21)(H,20,22). The number of nitrogens with one attached hydrogen (secondary N) is 3. The molecule has 0 saturated heterocycles. The lowest BCUT2D eigenvalue weighted by Gasteiger charge is -2.07. The number of hydrogen-bond acceptors (Lipinski definition) is 3. The van der Waals surface area contributed by atoms with Gasteiger partial charge in [-0.3, -0.25) is 20.4 Å². The number of carbonyl (C=O) groups excluding carboxylic acids is 2. The highest BCUT2D eigenvalue weighted by molar-refractivity contribution is 6.01. The average Bonchev–Trinajstić information content (AvgIpc) is 3.08. The van der Waals surface area contributed by atoms with Gasteiger partial charge in [0.05, 0.1) is 11.8 Å². The van der Waals surface area contributed by atoms with Gasteiger partial charge < -0.3 is 9.40 Å². The number of carbonyl (C=O) groups is 2. The molecule has 0 aliphatic heterocycles. The SMILES string of the molecule is Cc1[nH]c2ccc(C(=O)NNC(=O)c3ccoc3C)cc2c1C. The van der Waals surface area contributed by atoms with E-state index >= 15 is 0 Å². The molecular formula is C17H17N3O3. The number of amides is 2. The molecule has 0 aliphatic carbocycles. The molecule has 118 valence electrons. The van der Waals surface area contributed by atoms with Crippen molar-refractivity contribution in [3.8, 4) is 0 Å². The lowest BCUT2D eigenvalue weighted by Crippen LogP contribution is -2.41. The molecule has 0 atom stereocenters. The van der Waals surface area contributed by atoms with Crippen LogP contribution < -0.4 is 10.9 Å². The first kappa shape index (κ1) is 14.9. The Hall–Kier alpha value is -3.02. The summed E-state index contributed by atoms with van der Waals surface area (Å²) in [6.07, 6.45) is 1.43. The highest BCUT2D eigenvalue weighted by Gasteiger charge is 2.14. The van der Waals surface area contributed by atoms with E-state index in [4.69, 9.17) is 4.42 Å². The Morgan fingerprint density at radius 3 is 2.48 bits per heavy atom. The van der Waals surface area contributed by atoms with Gasteiger partial charge in [-0.2, -0.15) is 0 Å². The fourth-order valence-corrected chi connectivity index (χ4v) is 2.48. The lowest BCUT2D eigenvalue weighted by molar-refractivity contribution is 0.0846. The predicted molar refractivity (Wildman–Crippen MR) is 86.2 cm³/mol. The maximum Gasteiger partial charge on any atom is 0.273 e. The normalized spacial score (nSPS) is 10.7. The second-order valence-electron chi connectivity index (χ2n) is 5.43. The molecule has 6 nitrogen and oxygen atoms in total. The van der Waals surface area contributed by atoms with Crippen molar-refractivity contribution in [2.45, 2.75) is 20.8 Å². The first-order valence-corrected chi connectivity index (χ1v) is 7.21. The van der Waals surface area contributed by atoms with E-state index in [1.165, 1.54) is 6.26 Å². The van der Waals surface area contributed by atoms with Crippen molar-refractivity contribution in [2.24, 2.45) is 0 Å². The van der Waals surface area contributed by atoms with Crippen LogP contribution in [0, 0.1) is 20.8 Å². The van der Waals surface area contributed by atoms with E-state index in [0.717, 1.165) is 22.2 Å². The van der Waals surface area contributed by atoms with Crippen LogP contribution in [0.4, 0.5) is 0 Å². The first-order chi connectivity index (χ1) is 11.0. The zero-order chi connectivity index (χ0) is 16.6. The van der Waals surface area contributed by atoms with Crippen molar-refractivity contribution in [1.29, 1.82) is 0 Å². The van der Waals surface area contributed by atoms with Crippen LogP contribution in [0.25, 0.3) is 10.9 Å². The highest BCUT2D eigenvalue weighted by Crippen LogP contribution is 2.22. The molecule has 6 heteroatoms. The van der Waals surface area contributed by atoms with Crippen molar-refractivity contribution in [2.75, 3.05) is 0 Å². The van der Waals surface area contributed by atoms with Gasteiger partial charge in [-0.25, -0.2) is 0 Å². The molecule has 0 spiro atoms. The topological polar surface area (TPSA) is 87.1 Å². The van der Waals surface area contributed by atoms with Gasteiger partial charge in [-0.05, 0) is 50.6 Å². The van der Waals surface area contributed by atoms with Gasteiger partial charge in [-0.1, -0.05) is 0 Å². The van der Waals surface area contributed by atoms with Crippen molar-refractivity contribution >= 4 is 22.7 Å². The van der Waals surface area contributed by atoms with E-state index in [1.54, 1.807) is 25.1 Å². The monoisotopic (exact) mass is 311 g/mol. The molecule has 1 aromatic carbocycles. The minimum Gasteiger partial charge on any atom is -0.469 e. The zero-order valence-electron chi connectivity index (χ0n) is 13.1. The molecule has 2 aromatic heterocycles. The Labute approximate surface area is 132 Å². The quantitative estimate of drug-likeness (QED) is 0.636. The molecule has 0 unspecified atom stereocenters. The molecular weight excluding hydrogens is 294 g/mol. The number of hydrazine groups is 1. The second kappa shape index (κ2) is 5.64. The third-order valence-corrected chi connectivity index (χ3v) is 3.96. The Morgan fingerprint density at radius 2 is 1.78 bits per heavy atom. The van der Waals surface area contributed by atoms with Crippen LogP contribution in [0.2, 0.25) is 0 Å². The minimum absolute atomic E-state index is 0.375. The maximum absolute atomic E-state index is 12.2. The molecule has 0 bridgehead atoms. The summed E-state index contributed by atoms with van der Waals surface area (Å²) < 4.78 is 5.06. The molecule has 0 saturated carbocycles. The van der Waals surface area contributed by atoms with Gasteiger partial charge in [0.1, 0.15) is 5.76 Å². The largest absolute Gasteiger partial charge is 0.469 e. The number of rotatable bonds is 2. The van der Waals surface area contributed by atoms with E-state index in [0.29, 0.717) is 16.9 Å². The smallest absolute Gasteiger partial charge is 0.273 e. The van der Waals surface area contributed by atoms with Crippen LogP contribution >= 0.6 is 0 Å². The van der Waals surface area contributed by atoms with Gasteiger partial charge in [0.25, 0.3) is 11.8 Å². The Bertz CT molecular complexity index is 905. The number of hydrogen-bond donors (Lipinski definition) is 3. The summed E-state index contributed by atoms with van der Waals surface area (Å²) >= 11 is 0. The van der Waals surface area contributed by atoms with Gasteiger partial charge in [-0.15, -0.1) is 0 Å². The molecule has 0 fully saturated rings. The molecule has 0 radical (unpaired) electrons. The summed E-state index contributed by atoms with van der Waals surface area (Å²) in [7, 11) is 0. The number of aromatic amines is 1. The summed E-state index contributed by atoms with van der Waals surface area (Å²) in [6.45, 7) is 5.67. The predicted octanol–water partition coefficient (Wildman–Crippen LogP) is 2.76. The molecule has 3 rings (SSSR count). The number of fused-ring (bicyclic) bond motifs is 1. The lowest BCUT2D eigenvalue weighted by atomic mass is 10.1. The van der Waals surface area contributed by atoms with Gasteiger partial charge in [0.15, 0.2) is 0 Å². The molecule has 3 N–H and O–H groups in total. The van der Waals surface area contributed by atoms with Crippen LogP contribution in [-0.2, 0) is 0 Å². The second-order valence-corrected chi connectivity index (χ2v) is 5.43. The molecule has 0 aliphatic rings. The van der Waals surface area contributed by atoms with Crippen molar-refractivity contribution < 1.29 is 14.0 Å². The van der Waals surface area contributed by atoms with E-state index in [2.05, 4.69) is 15.8 Å².